The van der Waals surface area contributed by atoms with Crippen LogP contribution < -0.4 is 0 Å². The first-order valence-corrected chi connectivity index (χ1v) is 15.5. The van der Waals surface area contributed by atoms with E-state index in [4.69, 9.17) is 0 Å². The normalized spacial score (nSPS) is 14.1. The van der Waals surface area contributed by atoms with Crippen LogP contribution in [0, 0.1) is 37.7 Å². The zero-order chi connectivity index (χ0) is 11.1. The summed E-state index contributed by atoms with van der Waals surface area (Å²) in [5.41, 5.74) is 0. The third-order valence-corrected chi connectivity index (χ3v) is 18.1. The van der Waals surface area contributed by atoms with Crippen molar-refractivity contribution in [2.45, 2.75) is 58.9 Å². The molecule has 0 spiro atoms. The summed E-state index contributed by atoms with van der Waals surface area (Å²) >= 11 is 0. The standard InChI is InChI=1S/C9H27NSi3.Ho/c1-11(2,3)10(12(4,5)6)13(7,8)9;/h1-9H3;. The van der Waals surface area contributed by atoms with Crippen molar-refractivity contribution in [3.8, 4) is 0 Å². The van der Waals surface area contributed by atoms with Gasteiger partial charge in [-0.2, -0.15) is 0 Å². The summed E-state index contributed by atoms with van der Waals surface area (Å²) in [5.74, 6) is 0. The SMILES string of the molecule is C[Si](C)(C)N([Si](C)(C)C)[Si](C)(C)C.[Ho]. The topological polar surface area (TPSA) is 3.24 Å². The molecule has 91 valence electrons. The molecule has 0 heterocycles. The second-order valence-electron chi connectivity index (χ2n) is 6.85. The van der Waals surface area contributed by atoms with E-state index >= 15 is 0 Å². The maximum atomic E-state index is 2.98. The average Bonchev–Trinajstić information content (AvgIpc) is 1.44. The molecule has 14 heavy (non-hydrogen) atoms. The molecule has 0 bridgehead atoms. The fourth-order valence-electron chi connectivity index (χ4n) is 3.02. The molecule has 0 unspecified atom stereocenters. The van der Waals surface area contributed by atoms with Gasteiger partial charge in [0.2, 0.25) is 0 Å². The molecular weight excluding hydrogens is 371 g/mol. The van der Waals surface area contributed by atoms with Crippen molar-refractivity contribution in [2.75, 3.05) is 0 Å². The van der Waals surface area contributed by atoms with Crippen LogP contribution in [0.2, 0.25) is 58.9 Å². The Labute approximate surface area is 124 Å². The first-order chi connectivity index (χ1) is 5.37. The van der Waals surface area contributed by atoms with E-state index in [2.05, 4.69) is 62.8 Å². The van der Waals surface area contributed by atoms with Crippen LogP contribution in [0.5, 0.6) is 0 Å². The molecule has 0 rings (SSSR count). The molecule has 1 radical (unpaired) electrons. The monoisotopic (exact) mass is 398 g/mol. The third-order valence-electron chi connectivity index (χ3n) is 2.01. The first kappa shape index (κ1) is 18.2. The van der Waals surface area contributed by atoms with Crippen LogP contribution >= 0.6 is 0 Å². The van der Waals surface area contributed by atoms with Gasteiger partial charge in [-0.25, -0.2) is 0 Å². The van der Waals surface area contributed by atoms with Crippen molar-refractivity contribution in [1.82, 2.24) is 3.90 Å². The molecule has 0 aromatic carbocycles. The van der Waals surface area contributed by atoms with Gasteiger partial charge in [-0.3, -0.25) is 0 Å². The van der Waals surface area contributed by atoms with E-state index < -0.39 is 24.7 Å². The summed E-state index contributed by atoms with van der Waals surface area (Å²) in [6, 6.07) is 0. The number of nitrogens with zero attached hydrogens (tertiary/aromatic N) is 1. The third kappa shape index (κ3) is 5.82. The van der Waals surface area contributed by atoms with Gasteiger partial charge in [-0.1, -0.05) is 58.9 Å². The summed E-state index contributed by atoms with van der Waals surface area (Å²) in [6.07, 6.45) is 0. The van der Waals surface area contributed by atoms with Crippen molar-refractivity contribution >= 4 is 24.7 Å². The van der Waals surface area contributed by atoms with Crippen LogP contribution in [-0.4, -0.2) is 28.6 Å². The predicted octanol–water partition coefficient (Wildman–Crippen LogP) is 3.79. The number of rotatable bonds is 3. The molecule has 1 nitrogen and oxygen atoms in total. The molecule has 0 aromatic heterocycles. The molecule has 0 atom stereocenters. The average molecular weight is 399 g/mol. The Hall–Kier alpha value is 1.87. The fraction of sp³-hybridized carbons (Fsp3) is 1.00. The van der Waals surface area contributed by atoms with Gasteiger partial charge in [0.15, 0.2) is 0 Å². The largest absolute Gasteiger partial charge is 0.369 e. The maximum Gasteiger partial charge on any atom is 0.105 e. The summed E-state index contributed by atoms with van der Waals surface area (Å²) in [7, 11) is -3.30. The van der Waals surface area contributed by atoms with E-state index in [9.17, 15) is 0 Å². The zero-order valence-electron chi connectivity index (χ0n) is 11.2. The van der Waals surface area contributed by atoms with Gasteiger partial charge >= 0.3 is 0 Å². The smallest absolute Gasteiger partial charge is 0.105 e. The Kier molecular flexibility index (Phi) is 7.13. The molecule has 0 aromatic rings. The molecule has 0 N–H and O–H groups in total. The summed E-state index contributed by atoms with van der Waals surface area (Å²) in [5, 5.41) is 0. The Morgan fingerprint density at radius 1 is 0.500 bits per heavy atom. The van der Waals surface area contributed by atoms with Crippen LogP contribution in [0.15, 0.2) is 0 Å². The maximum absolute atomic E-state index is 2.98. The molecule has 0 aliphatic carbocycles. The minimum atomic E-state index is -1.10. The molecule has 0 amide bonds. The van der Waals surface area contributed by atoms with Crippen molar-refractivity contribution in [1.29, 1.82) is 0 Å². The summed E-state index contributed by atoms with van der Waals surface area (Å²) in [4.78, 5) is 0. The molecular formula is C9H27HoNSi3. The molecule has 0 saturated heterocycles. The van der Waals surface area contributed by atoms with Gasteiger partial charge in [0.1, 0.15) is 24.7 Å². The Balaban J connectivity index is 0. The molecule has 0 aliphatic rings. The van der Waals surface area contributed by atoms with E-state index in [1.54, 1.807) is 0 Å². The minimum absolute atomic E-state index is 0. The number of hydrogen-bond acceptors (Lipinski definition) is 1. The van der Waals surface area contributed by atoms with Crippen molar-refractivity contribution in [3.05, 3.63) is 0 Å². The van der Waals surface area contributed by atoms with E-state index in [0.29, 0.717) is 0 Å². The Bertz CT molecular complexity index is 143. The molecule has 0 aliphatic heterocycles. The minimum Gasteiger partial charge on any atom is -0.369 e. The second kappa shape index (κ2) is 5.47. The van der Waals surface area contributed by atoms with E-state index in [1.807, 2.05) is 0 Å². The van der Waals surface area contributed by atoms with Crippen LogP contribution in [0.25, 0.3) is 0 Å². The number of hydrogen-bond donors (Lipinski definition) is 0. The Morgan fingerprint density at radius 3 is 0.643 bits per heavy atom. The summed E-state index contributed by atoms with van der Waals surface area (Å²) < 4.78 is 2.98. The fourth-order valence-corrected chi connectivity index (χ4v) is 27.2. The Morgan fingerprint density at radius 2 is 0.643 bits per heavy atom. The van der Waals surface area contributed by atoms with Gasteiger partial charge in [-0.05, 0) is 0 Å². The second-order valence-corrected chi connectivity index (χ2v) is 22.6. The van der Waals surface area contributed by atoms with Gasteiger partial charge in [0.25, 0.3) is 0 Å². The van der Waals surface area contributed by atoms with Crippen LogP contribution in [0.3, 0.4) is 0 Å². The quantitative estimate of drug-likeness (QED) is 0.654. The van der Waals surface area contributed by atoms with Crippen molar-refractivity contribution < 1.29 is 37.7 Å². The van der Waals surface area contributed by atoms with Crippen LogP contribution in [0.1, 0.15) is 0 Å². The van der Waals surface area contributed by atoms with Crippen LogP contribution in [0.4, 0.5) is 0 Å². The van der Waals surface area contributed by atoms with E-state index in [1.165, 1.54) is 0 Å². The van der Waals surface area contributed by atoms with E-state index in [0.717, 1.165) is 0 Å². The summed E-state index contributed by atoms with van der Waals surface area (Å²) in [6.45, 7) is 22.4. The van der Waals surface area contributed by atoms with Gasteiger partial charge < -0.3 is 3.90 Å². The zero-order valence-corrected chi connectivity index (χ0v) is 16.2. The van der Waals surface area contributed by atoms with Crippen LogP contribution in [-0.2, 0) is 0 Å². The van der Waals surface area contributed by atoms with Gasteiger partial charge in [0.05, 0.1) is 0 Å². The van der Waals surface area contributed by atoms with E-state index in [-0.39, 0.29) is 37.7 Å². The predicted molar refractivity (Wildman–Crippen MR) is 71.9 cm³/mol. The molecule has 0 saturated carbocycles. The van der Waals surface area contributed by atoms with Gasteiger partial charge in [-0.15, -0.1) is 0 Å². The molecule has 5 heteroatoms. The first-order valence-electron chi connectivity index (χ1n) is 5.17. The van der Waals surface area contributed by atoms with Crippen molar-refractivity contribution in [3.63, 3.8) is 0 Å². The van der Waals surface area contributed by atoms with Gasteiger partial charge in [0, 0.05) is 37.7 Å². The molecule has 0 fully saturated rings. The van der Waals surface area contributed by atoms with Crippen molar-refractivity contribution in [2.24, 2.45) is 0 Å².